The molecular formula is C23H36N4O5. The first kappa shape index (κ1) is 25.6. The number of methoxy groups -OCH3 is 2. The average molecular weight is 449 g/mol. The van der Waals surface area contributed by atoms with Crippen LogP contribution in [0.1, 0.15) is 57.9 Å². The van der Waals surface area contributed by atoms with Crippen LogP contribution >= 0.6 is 0 Å². The van der Waals surface area contributed by atoms with E-state index in [0.29, 0.717) is 48.4 Å². The number of aromatic nitrogens is 2. The maximum atomic E-state index is 12.7. The number of amides is 1. The van der Waals surface area contributed by atoms with Gasteiger partial charge >= 0.3 is 5.97 Å². The average Bonchev–Trinajstić information content (AvgIpc) is 2.96. The van der Waals surface area contributed by atoms with Gasteiger partial charge in [0.25, 0.3) is 0 Å². The van der Waals surface area contributed by atoms with E-state index in [1.54, 1.807) is 31.7 Å². The van der Waals surface area contributed by atoms with E-state index < -0.39 is 11.6 Å². The molecule has 0 aliphatic rings. The van der Waals surface area contributed by atoms with Crippen molar-refractivity contribution in [2.75, 3.05) is 31.5 Å². The van der Waals surface area contributed by atoms with E-state index in [-0.39, 0.29) is 23.6 Å². The lowest BCUT2D eigenvalue weighted by Crippen LogP contribution is -2.29. The molecule has 0 unspecified atom stereocenters. The number of carbonyl (C=O) groups is 2. The molecule has 0 aromatic carbocycles. The Kier molecular flexibility index (Phi) is 8.63. The molecule has 0 aliphatic carbocycles. The monoisotopic (exact) mass is 448 g/mol. The molecule has 2 aromatic heterocycles. The molecule has 2 aromatic rings. The van der Waals surface area contributed by atoms with Crippen molar-refractivity contribution in [1.29, 1.82) is 0 Å². The van der Waals surface area contributed by atoms with Crippen LogP contribution in [0.4, 0.5) is 11.4 Å². The highest BCUT2D eigenvalue weighted by Crippen LogP contribution is 2.33. The van der Waals surface area contributed by atoms with Crippen LogP contribution in [0.5, 0.6) is 0 Å². The van der Waals surface area contributed by atoms with E-state index in [0.717, 1.165) is 0 Å². The summed E-state index contributed by atoms with van der Waals surface area (Å²) < 4.78 is 11.9. The Hall–Kier alpha value is -2.65. The van der Waals surface area contributed by atoms with Crippen LogP contribution in [-0.4, -0.2) is 59.0 Å². The number of fused-ring (bicyclic) bond motifs is 1. The second-order valence-electron chi connectivity index (χ2n) is 9.16. The molecular weight excluding hydrogens is 412 g/mol. The summed E-state index contributed by atoms with van der Waals surface area (Å²) in [5.41, 5.74) is 1.05. The number of pyridine rings is 1. The first-order valence-corrected chi connectivity index (χ1v) is 10.8. The number of hydrogen-bond acceptors (Lipinski definition) is 7. The van der Waals surface area contributed by atoms with Gasteiger partial charge in [-0.25, -0.2) is 9.78 Å². The Morgan fingerprint density at radius 3 is 2.50 bits per heavy atom. The quantitative estimate of drug-likeness (QED) is 0.451. The molecule has 0 aliphatic heterocycles. The summed E-state index contributed by atoms with van der Waals surface area (Å²) in [7, 11) is 2.88. The fraction of sp³-hybridized carbons (Fsp3) is 0.609. The molecule has 0 bridgehead atoms. The lowest BCUT2D eigenvalue weighted by molar-refractivity contribution is -0.116. The van der Waals surface area contributed by atoms with Crippen molar-refractivity contribution in [2.45, 2.75) is 65.6 Å². The Labute approximate surface area is 189 Å². The van der Waals surface area contributed by atoms with Gasteiger partial charge < -0.3 is 29.8 Å². The first-order chi connectivity index (χ1) is 15.0. The molecule has 0 radical (unpaired) electrons. The number of rotatable bonds is 11. The van der Waals surface area contributed by atoms with Crippen LogP contribution < -0.4 is 10.6 Å². The highest BCUT2D eigenvalue weighted by atomic mass is 16.5. The van der Waals surface area contributed by atoms with E-state index >= 15 is 0 Å². The Morgan fingerprint density at radius 1 is 1.25 bits per heavy atom. The number of ether oxygens (including phenoxy) is 2. The maximum absolute atomic E-state index is 12.7. The van der Waals surface area contributed by atoms with Crippen molar-refractivity contribution in [3.8, 4) is 0 Å². The van der Waals surface area contributed by atoms with Gasteiger partial charge in [0, 0.05) is 31.5 Å². The topological polar surface area (TPSA) is 115 Å². The molecule has 0 spiro atoms. The number of nitrogens with one attached hydrogen (secondary N) is 2. The first-order valence-electron chi connectivity index (χ1n) is 10.8. The molecule has 9 heteroatoms. The second kappa shape index (κ2) is 10.8. The standard InChI is InChI=1S/C23H36N4O5/c1-14(2)10-18(28)26-19-17-11-16(25-15(3)12-23(4,5)30)13-24-21(17)27(8-9-31-6)20(19)22(29)32-7/h11,13-15,25,30H,8-10,12H2,1-7H3,(H,26,28)/t15-/m0/s1. The van der Waals surface area contributed by atoms with E-state index in [1.165, 1.54) is 7.11 Å². The van der Waals surface area contributed by atoms with Gasteiger partial charge in [0.05, 0.1) is 36.9 Å². The fourth-order valence-corrected chi connectivity index (χ4v) is 3.79. The highest BCUT2D eigenvalue weighted by Gasteiger charge is 2.26. The Morgan fingerprint density at radius 2 is 1.94 bits per heavy atom. The van der Waals surface area contributed by atoms with Crippen molar-refractivity contribution in [1.82, 2.24) is 9.55 Å². The summed E-state index contributed by atoms with van der Waals surface area (Å²) in [6.07, 6.45) is 2.53. The Bertz CT molecular complexity index is 946. The molecule has 1 amide bonds. The second-order valence-corrected chi connectivity index (χ2v) is 9.16. The number of nitrogens with zero attached hydrogens (tertiary/aromatic N) is 2. The van der Waals surface area contributed by atoms with Crippen LogP contribution in [0.2, 0.25) is 0 Å². The summed E-state index contributed by atoms with van der Waals surface area (Å²) in [6.45, 7) is 10.1. The van der Waals surface area contributed by atoms with E-state index in [2.05, 4.69) is 15.6 Å². The summed E-state index contributed by atoms with van der Waals surface area (Å²) in [4.78, 5) is 29.9. The van der Waals surface area contributed by atoms with E-state index in [9.17, 15) is 14.7 Å². The normalized spacial score (nSPS) is 12.8. The highest BCUT2D eigenvalue weighted by molar-refractivity contribution is 6.11. The largest absolute Gasteiger partial charge is 0.464 e. The Balaban J connectivity index is 2.58. The van der Waals surface area contributed by atoms with E-state index in [1.807, 2.05) is 26.8 Å². The van der Waals surface area contributed by atoms with Crippen molar-refractivity contribution >= 4 is 34.3 Å². The third kappa shape index (κ3) is 6.67. The summed E-state index contributed by atoms with van der Waals surface area (Å²) >= 11 is 0. The molecule has 2 heterocycles. The lowest BCUT2D eigenvalue weighted by Gasteiger charge is -2.23. The molecule has 2 rings (SSSR count). The molecule has 1 atom stereocenters. The minimum atomic E-state index is -0.818. The van der Waals surface area contributed by atoms with Crippen LogP contribution in [0.25, 0.3) is 11.0 Å². The number of hydrogen-bond donors (Lipinski definition) is 3. The third-order valence-corrected chi connectivity index (χ3v) is 4.87. The number of esters is 1. The number of aliphatic hydroxyl groups is 1. The zero-order valence-corrected chi connectivity index (χ0v) is 20.1. The predicted octanol–water partition coefficient (Wildman–Crippen LogP) is 3.42. The third-order valence-electron chi connectivity index (χ3n) is 4.87. The van der Waals surface area contributed by atoms with Crippen molar-refractivity contribution < 1.29 is 24.2 Å². The van der Waals surface area contributed by atoms with Gasteiger partial charge in [-0.2, -0.15) is 0 Å². The van der Waals surface area contributed by atoms with Crippen LogP contribution in [0.3, 0.4) is 0 Å². The smallest absolute Gasteiger partial charge is 0.356 e. The lowest BCUT2D eigenvalue weighted by atomic mass is 10.0. The molecule has 9 nitrogen and oxygen atoms in total. The maximum Gasteiger partial charge on any atom is 0.356 e. The molecule has 32 heavy (non-hydrogen) atoms. The molecule has 0 fully saturated rings. The summed E-state index contributed by atoms with van der Waals surface area (Å²) in [6, 6.07) is 1.83. The van der Waals surface area contributed by atoms with Crippen molar-refractivity contribution in [3.63, 3.8) is 0 Å². The van der Waals surface area contributed by atoms with Crippen LogP contribution in [0.15, 0.2) is 12.3 Å². The minimum Gasteiger partial charge on any atom is -0.464 e. The number of carbonyl (C=O) groups excluding carboxylic acids is 2. The van der Waals surface area contributed by atoms with E-state index in [4.69, 9.17) is 9.47 Å². The van der Waals surface area contributed by atoms with Gasteiger partial charge in [0.1, 0.15) is 5.65 Å². The molecule has 0 saturated carbocycles. The van der Waals surface area contributed by atoms with Gasteiger partial charge in [0.2, 0.25) is 5.91 Å². The predicted molar refractivity (Wildman–Crippen MR) is 125 cm³/mol. The van der Waals surface area contributed by atoms with Gasteiger partial charge in [-0.15, -0.1) is 0 Å². The summed E-state index contributed by atoms with van der Waals surface area (Å²) in [5, 5.41) is 17.0. The molecule has 178 valence electrons. The zero-order chi connectivity index (χ0) is 24.1. The van der Waals surface area contributed by atoms with Crippen molar-refractivity contribution in [3.05, 3.63) is 18.0 Å². The molecule has 3 N–H and O–H groups in total. The van der Waals surface area contributed by atoms with Gasteiger partial charge in [-0.3, -0.25) is 4.79 Å². The summed E-state index contributed by atoms with van der Waals surface area (Å²) in [5.74, 6) is -0.593. The fourth-order valence-electron chi connectivity index (χ4n) is 3.79. The SMILES string of the molecule is COCCn1c(C(=O)OC)c(NC(=O)CC(C)C)c2cc(N[C@@H](C)CC(C)(C)O)cnc21. The van der Waals surface area contributed by atoms with Gasteiger partial charge in [-0.1, -0.05) is 13.8 Å². The van der Waals surface area contributed by atoms with Gasteiger partial charge in [0.15, 0.2) is 5.69 Å². The van der Waals surface area contributed by atoms with Gasteiger partial charge in [-0.05, 0) is 39.2 Å². The number of anilines is 2. The van der Waals surface area contributed by atoms with Crippen LogP contribution in [-0.2, 0) is 20.8 Å². The molecule has 0 saturated heterocycles. The van der Waals surface area contributed by atoms with Crippen molar-refractivity contribution in [2.24, 2.45) is 5.92 Å². The minimum absolute atomic E-state index is 0.0242. The van der Waals surface area contributed by atoms with Crippen LogP contribution in [0, 0.1) is 5.92 Å². The zero-order valence-electron chi connectivity index (χ0n) is 20.1.